The number of ether oxygens (including phenoxy) is 3. The number of benzene rings is 3. The number of nitrogens with zero attached hydrogens (tertiary/aromatic N) is 1. The first-order chi connectivity index (χ1) is 32.9. The Morgan fingerprint density at radius 1 is 0.443 bits per heavy atom. The van der Waals surface area contributed by atoms with Gasteiger partial charge < -0.3 is 29.5 Å². The maximum absolute atomic E-state index is 12.7. The molecular weight excluding hydrogens is 939 g/mol. The lowest BCUT2D eigenvalue weighted by molar-refractivity contribution is -0.144. The van der Waals surface area contributed by atoms with E-state index in [-0.39, 0.29) is 54.0 Å². The Hall–Kier alpha value is -3.52. The van der Waals surface area contributed by atoms with Crippen molar-refractivity contribution in [2.45, 2.75) is 157 Å². The molecule has 0 saturated carbocycles. The molecule has 0 aliphatic rings. The Kier molecular flexibility index (Phi) is 25.9. The number of rotatable bonds is 30. The van der Waals surface area contributed by atoms with Crippen molar-refractivity contribution in [1.82, 2.24) is 4.90 Å². The number of aryl methyl sites for hydroxylation is 6. The average molecular weight is 1030 g/mol. The number of hydrogen-bond acceptors (Lipinski definition) is 13. The monoisotopic (exact) mass is 1030 g/mol. The standard InChI is InChI=1S/C57H87NO9S3/c1-40-34-43(52(62)46(37-40)55(4,5)6)16-13-28-68-31-19-49(59)65-25-22-58(23-26-66-50(60)20-32-69-29-14-17-44-35-41(2)38-47(53(44)63)56(7,8)9)24-27-67-51(61)21-33-70-30-15-18-45-36-42(3)39-48(54(45)64)57(10,11)12/h34-39,62-64H,13-33H2,1-12H3. The fourth-order valence-corrected chi connectivity index (χ4v) is 10.7. The molecule has 3 aromatic carbocycles. The van der Waals surface area contributed by atoms with Gasteiger partial charge in [-0.25, -0.2) is 0 Å². The van der Waals surface area contributed by atoms with Crippen molar-refractivity contribution in [3.8, 4) is 17.2 Å². The van der Waals surface area contributed by atoms with Gasteiger partial charge in [0, 0.05) is 36.9 Å². The summed E-state index contributed by atoms with van der Waals surface area (Å²) in [5.41, 5.74) is 8.80. The molecule has 0 aromatic heterocycles. The minimum absolute atomic E-state index is 0.140. The maximum Gasteiger partial charge on any atom is 0.306 e. The van der Waals surface area contributed by atoms with E-state index >= 15 is 0 Å². The largest absolute Gasteiger partial charge is 0.507 e. The van der Waals surface area contributed by atoms with E-state index in [1.807, 2.05) is 4.90 Å². The summed E-state index contributed by atoms with van der Waals surface area (Å²) in [6, 6.07) is 12.4. The highest BCUT2D eigenvalue weighted by molar-refractivity contribution is 7.99. The second kappa shape index (κ2) is 29.9. The van der Waals surface area contributed by atoms with Crippen molar-refractivity contribution in [2.24, 2.45) is 0 Å². The summed E-state index contributed by atoms with van der Waals surface area (Å²) in [6.45, 7) is 26.8. The zero-order chi connectivity index (χ0) is 52.1. The van der Waals surface area contributed by atoms with Crippen LogP contribution in [0.3, 0.4) is 0 Å². The molecule has 0 bridgehead atoms. The molecular formula is C57H87NO9S3. The molecule has 3 N–H and O–H groups in total. The van der Waals surface area contributed by atoms with E-state index in [4.69, 9.17) is 14.2 Å². The van der Waals surface area contributed by atoms with Gasteiger partial charge in [-0.1, -0.05) is 115 Å². The summed E-state index contributed by atoms with van der Waals surface area (Å²) in [7, 11) is 0. The van der Waals surface area contributed by atoms with Crippen molar-refractivity contribution in [3.05, 3.63) is 86.5 Å². The van der Waals surface area contributed by atoms with E-state index in [9.17, 15) is 29.7 Å². The van der Waals surface area contributed by atoms with Crippen molar-refractivity contribution < 1.29 is 43.9 Å². The van der Waals surface area contributed by atoms with Gasteiger partial charge in [0.1, 0.15) is 37.1 Å². The molecule has 392 valence electrons. The lowest BCUT2D eigenvalue weighted by atomic mass is 9.83. The van der Waals surface area contributed by atoms with E-state index in [1.165, 1.54) is 0 Å². The molecule has 0 amide bonds. The Bertz CT molecular complexity index is 1880. The van der Waals surface area contributed by atoms with Crippen LogP contribution in [0.15, 0.2) is 36.4 Å². The molecule has 0 aliphatic carbocycles. The van der Waals surface area contributed by atoms with E-state index < -0.39 is 0 Å². The summed E-state index contributed by atoms with van der Waals surface area (Å²) < 4.78 is 16.8. The molecule has 3 aromatic rings. The number of thioether (sulfide) groups is 3. The number of carbonyl (C=O) groups excluding carboxylic acids is 3. The highest BCUT2D eigenvalue weighted by Crippen LogP contribution is 2.37. The van der Waals surface area contributed by atoms with E-state index in [1.54, 1.807) is 35.3 Å². The maximum atomic E-state index is 12.7. The second-order valence-electron chi connectivity index (χ2n) is 21.6. The van der Waals surface area contributed by atoms with Crippen molar-refractivity contribution in [1.29, 1.82) is 0 Å². The van der Waals surface area contributed by atoms with Crippen LogP contribution in [0.25, 0.3) is 0 Å². The third kappa shape index (κ3) is 22.5. The van der Waals surface area contributed by atoms with E-state index in [2.05, 4.69) is 119 Å². The lowest BCUT2D eigenvalue weighted by Gasteiger charge is -2.23. The topological polar surface area (TPSA) is 143 Å². The van der Waals surface area contributed by atoms with Crippen LogP contribution in [0.1, 0.15) is 151 Å². The summed E-state index contributed by atoms with van der Waals surface area (Å²) in [5, 5.41) is 32.7. The third-order valence-electron chi connectivity index (χ3n) is 12.0. The van der Waals surface area contributed by atoms with Crippen LogP contribution in [-0.4, -0.2) is 112 Å². The predicted molar refractivity (Wildman–Crippen MR) is 295 cm³/mol. The zero-order valence-corrected chi connectivity index (χ0v) is 47.2. The Morgan fingerprint density at radius 2 is 0.700 bits per heavy atom. The summed E-state index contributed by atoms with van der Waals surface area (Å²) in [4.78, 5) is 40.0. The van der Waals surface area contributed by atoms with Crippen molar-refractivity contribution in [2.75, 3.05) is 74.0 Å². The van der Waals surface area contributed by atoms with Gasteiger partial charge in [-0.05, 0) is 126 Å². The molecule has 10 nitrogen and oxygen atoms in total. The van der Waals surface area contributed by atoms with Crippen LogP contribution in [0.2, 0.25) is 0 Å². The van der Waals surface area contributed by atoms with Gasteiger partial charge in [-0.2, -0.15) is 35.3 Å². The smallest absolute Gasteiger partial charge is 0.306 e. The quantitative estimate of drug-likeness (QED) is 0.0331. The summed E-state index contributed by atoms with van der Waals surface area (Å²) in [6.07, 6.45) is 5.85. The van der Waals surface area contributed by atoms with Gasteiger partial charge >= 0.3 is 17.9 Å². The number of phenols is 3. The van der Waals surface area contributed by atoms with Crippen LogP contribution in [-0.2, 0) is 64.1 Å². The van der Waals surface area contributed by atoms with E-state index in [0.29, 0.717) is 73.4 Å². The van der Waals surface area contributed by atoms with Crippen molar-refractivity contribution in [3.63, 3.8) is 0 Å². The van der Waals surface area contributed by atoms with Gasteiger partial charge in [0.15, 0.2) is 0 Å². The average Bonchev–Trinajstić information content (AvgIpc) is 3.26. The zero-order valence-electron chi connectivity index (χ0n) is 44.8. The first-order valence-electron chi connectivity index (χ1n) is 25.3. The van der Waals surface area contributed by atoms with Crippen LogP contribution in [0.5, 0.6) is 17.2 Å². The molecule has 0 heterocycles. The highest BCUT2D eigenvalue weighted by atomic mass is 32.2. The Labute approximate surface area is 434 Å². The van der Waals surface area contributed by atoms with Gasteiger partial charge in [-0.15, -0.1) is 0 Å². The number of aromatic hydroxyl groups is 3. The first-order valence-corrected chi connectivity index (χ1v) is 28.7. The fraction of sp³-hybridized carbons (Fsp3) is 0.632. The molecule has 0 fully saturated rings. The Morgan fingerprint density at radius 3 is 0.943 bits per heavy atom. The number of phenolic OH excluding ortho intramolecular Hbond substituents is 3. The number of esters is 3. The number of carbonyl (C=O) groups is 3. The second-order valence-corrected chi connectivity index (χ2v) is 25.3. The molecule has 0 aliphatic heterocycles. The van der Waals surface area contributed by atoms with Gasteiger partial charge in [0.05, 0.1) is 19.3 Å². The summed E-state index contributed by atoms with van der Waals surface area (Å²) in [5.74, 6) is 4.85. The normalized spacial score (nSPS) is 12.1. The van der Waals surface area contributed by atoms with Gasteiger partial charge in [0.25, 0.3) is 0 Å². The van der Waals surface area contributed by atoms with Crippen LogP contribution in [0.4, 0.5) is 0 Å². The molecule has 70 heavy (non-hydrogen) atoms. The number of hydrogen-bond donors (Lipinski definition) is 3. The molecule has 3 rings (SSSR count). The molecule has 13 heteroatoms. The SMILES string of the molecule is Cc1cc(CCCSCCC(=O)OCCN(CCOC(=O)CCSCCCc2cc(C)cc(C(C)(C)C)c2O)CCOC(=O)CCSCCCc2cc(C)cc(C(C)(C)C)c2O)c(O)c(C(C)(C)C)c1. The van der Waals surface area contributed by atoms with Crippen LogP contribution in [0, 0.1) is 20.8 Å². The molecule has 0 spiro atoms. The fourth-order valence-electron chi connectivity index (χ4n) is 8.13. The molecule has 0 atom stereocenters. The van der Waals surface area contributed by atoms with Crippen LogP contribution < -0.4 is 0 Å². The van der Waals surface area contributed by atoms with Gasteiger partial charge in [-0.3, -0.25) is 19.3 Å². The first kappa shape index (κ1) is 60.8. The molecule has 0 unspecified atom stereocenters. The Balaban J connectivity index is 1.39. The lowest BCUT2D eigenvalue weighted by Crippen LogP contribution is -2.35. The van der Waals surface area contributed by atoms with Crippen molar-refractivity contribution >= 4 is 53.2 Å². The minimum atomic E-state index is -0.276. The van der Waals surface area contributed by atoms with E-state index in [0.717, 1.165) is 106 Å². The van der Waals surface area contributed by atoms with Gasteiger partial charge in [0.2, 0.25) is 0 Å². The predicted octanol–water partition coefficient (Wildman–Crippen LogP) is 12.1. The van der Waals surface area contributed by atoms with Crippen LogP contribution >= 0.6 is 35.3 Å². The molecule has 0 saturated heterocycles. The highest BCUT2D eigenvalue weighted by Gasteiger charge is 2.23. The molecule has 0 radical (unpaired) electrons. The summed E-state index contributed by atoms with van der Waals surface area (Å²) >= 11 is 5.09. The third-order valence-corrected chi connectivity index (χ3v) is 15.2. The minimum Gasteiger partial charge on any atom is -0.507 e.